The van der Waals surface area contributed by atoms with Crippen molar-refractivity contribution in [2.24, 2.45) is 5.10 Å². The number of nitrogens with one attached hydrogen (secondary N) is 1. The molecule has 0 aliphatic heterocycles. The van der Waals surface area contributed by atoms with Crippen LogP contribution in [0.15, 0.2) is 41.5 Å². The Hall–Kier alpha value is -3.02. The van der Waals surface area contributed by atoms with Gasteiger partial charge in [0, 0.05) is 5.56 Å². The van der Waals surface area contributed by atoms with Crippen LogP contribution in [0.25, 0.3) is 0 Å². The van der Waals surface area contributed by atoms with Gasteiger partial charge < -0.3 is 15.3 Å². The maximum Gasteiger partial charge on any atom is 0.275 e. The average Bonchev–Trinajstić information content (AvgIpc) is 2.49. The number of aryl methyl sites for hydroxylation is 1. The molecular weight excluding hydrogens is 284 g/mol. The van der Waals surface area contributed by atoms with Gasteiger partial charge in [-0.3, -0.25) is 4.79 Å². The minimum Gasteiger partial charge on any atom is -0.508 e. The van der Waals surface area contributed by atoms with E-state index < -0.39 is 5.91 Å². The SMILES string of the molecule is C/C(=N/NC(=O)c1cccc(C)c1O)c1cc(O)ccc1O. The Kier molecular flexibility index (Phi) is 4.31. The van der Waals surface area contributed by atoms with Crippen LogP contribution in [0, 0.1) is 6.92 Å². The molecule has 0 aromatic heterocycles. The number of hydrogen-bond acceptors (Lipinski definition) is 5. The fourth-order valence-corrected chi connectivity index (χ4v) is 1.91. The van der Waals surface area contributed by atoms with Crippen molar-refractivity contribution in [2.45, 2.75) is 13.8 Å². The van der Waals surface area contributed by atoms with Crippen LogP contribution in [0.2, 0.25) is 0 Å². The zero-order valence-corrected chi connectivity index (χ0v) is 12.2. The Bertz CT molecular complexity index is 754. The summed E-state index contributed by atoms with van der Waals surface area (Å²) in [5.74, 6) is -0.759. The van der Waals surface area contributed by atoms with E-state index in [0.717, 1.165) is 0 Å². The molecule has 0 saturated carbocycles. The predicted molar refractivity (Wildman–Crippen MR) is 82.3 cm³/mol. The van der Waals surface area contributed by atoms with Crippen LogP contribution in [-0.2, 0) is 0 Å². The number of amides is 1. The van der Waals surface area contributed by atoms with Gasteiger partial charge in [-0.1, -0.05) is 12.1 Å². The maximum atomic E-state index is 12.0. The van der Waals surface area contributed by atoms with Crippen molar-refractivity contribution in [2.75, 3.05) is 0 Å². The number of para-hydroxylation sites is 1. The van der Waals surface area contributed by atoms with E-state index in [9.17, 15) is 20.1 Å². The first-order chi connectivity index (χ1) is 10.4. The van der Waals surface area contributed by atoms with Crippen molar-refractivity contribution in [3.63, 3.8) is 0 Å². The minimum atomic E-state index is -0.569. The Morgan fingerprint density at radius 2 is 1.82 bits per heavy atom. The van der Waals surface area contributed by atoms with Gasteiger partial charge in [-0.15, -0.1) is 0 Å². The van der Waals surface area contributed by atoms with Gasteiger partial charge in [-0.25, -0.2) is 5.43 Å². The average molecular weight is 300 g/mol. The molecule has 1 amide bonds. The Balaban J connectivity index is 2.22. The third-order valence-corrected chi connectivity index (χ3v) is 3.18. The Morgan fingerprint density at radius 1 is 1.09 bits per heavy atom. The lowest BCUT2D eigenvalue weighted by Gasteiger charge is -2.07. The van der Waals surface area contributed by atoms with E-state index in [0.29, 0.717) is 16.8 Å². The fourth-order valence-electron chi connectivity index (χ4n) is 1.91. The van der Waals surface area contributed by atoms with Crippen LogP contribution in [0.4, 0.5) is 0 Å². The molecule has 6 heteroatoms. The van der Waals surface area contributed by atoms with E-state index in [2.05, 4.69) is 10.5 Å². The number of hydrogen-bond donors (Lipinski definition) is 4. The quantitative estimate of drug-likeness (QED) is 0.396. The number of nitrogens with zero attached hydrogens (tertiary/aromatic N) is 1. The number of hydrazone groups is 1. The lowest BCUT2D eigenvalue weighted by atomic mass is 10.1. The second-order valence-corrected chi connectivity index (χ2v) is 4.81. The number of phenolic OH excluding ortho intramolecular Hbond substituents is 3. The van der Waals surface area contributed by atoms with Crippen molar-refractivity contribution in [1.29, 1.82) is 0 Å². The summed E-state index contributed by atoms with van der Waals surface area (Å²) in [5.41, 5.74) is 3.61. The van der Waals surface area contributed by atoms with Gasteiger partial charge in [0.1, 0.15) is 17.2 Å². The van der Waals surface area contributed by atoms with Crippen molar-refractivity contribution in [3.05, 3.63) is 53.1 Å². The van der Waals surface area contributed by atoms with Crippen LogP contribution in [0.3, 0.4) is 0 Å². The maximum absolute atomic E-state index is 12.0. The Morgan fingerprint density at radius 3 is 2.55 bits per heavy atom. The third kappa shape index (κ3) is 3.17. The molecule has 2 aromatic rings. The molecule has 4 N–H and O–H groups in total. The highest BCUT2D eigenvalue weighted by molar-refractivity contribution is 6.03. The summed E-state index contributed by atoms with van der Waals surface area (Å²) in [6.07, 6.45) is 0. The zero-order valence-electron chi connectivity index (χ0n) is 12.2. The largest absolute Gasteiger partial charge is 0.508 e. The summed E-state index contributed by atoms with van der Waals surface area (Å²) in [7, 11) is 0. The van der Waals surface area contributed by atoms with Crippen LogP contribution >= 0.6 is 0 Å². The second kappa shape index (κ2) is 6.17. The molecule has 0 atom stereocenters. The molecule has 0 aliphatic carbocycles. The molecular formula is C16H16N2O4. The predicted octanol–water partition coefficient (Wildman–Crippen LogP) is 2.27. The smallest absolute Gasteiger partial charge is 0.275 e. The van der Waals surface area contributed by atoms with Gasteiger partial charge in [0.15, 0.2) is 0 Å². The van der Waals surface area contributed by atoms with Gasteiger partial charge in [0.2, 0.25) is 0 Å². The van der Waals surface area contributed by atoms with Crippen molar-refractivity contribution in [1.82, 2.24) is 5.43 Å². The molecule has 0 heterocycles. The first-order valence-corrected chi connectivity index (χ1v) is 6.55. The van der Waals surface area contributed by atoms with Crippen molar-refractivity contribution in [3.8, 4) is 17.2 Å². The first kappa shape index (κ1) is 15.4. The van der Waals surface area contributed by atoms with Gasteiger partial charge in [0.25, 0.3) is 5.91 Å². The molecule has 0 saturated heterocycles. The third-order valence-electron chi connectivity index (χ3n) is 3.18. The molecule has 114 valence electrons. The molecule has 2 rings (SSSR count). The van der Waals surface area contributed by atoms with Gasteiger partial charge in [0.05, 0.1) is 11.3 Å². The monoisotopic (exact) mass is 300 g/mol. The highest BCUT2D eigenvalue weighted by Gasteiger charge is 2.12. The fraction of sp³-hybridized carbons (Fsp3) is 0.125. The number of aromatic hydroxyl groups is 3. The standard InChI is InChI=1S/C16H16N2O4/c1-9-4-3-5-12(15(9)21)16(22)18-17-10(2)13-8-11(19)6-7-14(13)20/h3-8,19-21H,1-2H3,(H,18,22)/b17-10-. The number of carbonyl (C=O) groups excluding carboxylic acids is 1. The summed E-state index contributed by atoms with van der Waals surface area (Å²) in [6, 6.07) is 8.83. The van der Waals surface area contributed by atoms with Gasteiger partial charge in [-0.05, 0) is 43.7 Å². The van der Waals surface area contributed by atoms with Crippen molar-refractivity contribution < 1.29 is 20.1 Å². The summed E-state index contributed by atoms with van der Waals surface area (Å²) >= 11 is 0. The van der Waals surface area contributed by atoms with E-state index in [1.54, 1.807) is 26.0 Å². The highest BCUT2D eigenvalue weighted by Crippen LogP contribution is 2.23. The van der Waals surface area contributed by atoms with Crippen LogP contribution < -0.4 is 5.43 Å². The van der Waals surface area contributed by atoms with Crippen LogP contribution in [-0.4, -0.2) is 26.9 Å². The molecule has 2 aromatic carbocycles. The number of phenols is 3. The van der Waals surface area contributed by atoms with E-state index in [-0.39, 0.29) is 22.8 Å². The lowest BCUT2D eigenvalue weighted by Crippen LogP contribution is -2.19. The van der Waals surface area contributed by atoms with E-state index >= 15 is 0 Å². The Labute approximate surface area is 127 Å². The summed E-state index contributed by atoms with van der Waals surface area (Å²) < 4.78 is 0. The normalized spacial score (nSPS) is 11.3. The summed E-state index contributed by atoms with van der Waals surface area (Å²) in [6.45, 7) is 3.26. The number of carbonyl (C=O) groups is 1. The topological polar surface area (TPSA) is 102 Å². The highest BCUT2D eigenvalue weighted by atomic mass is 16.3. The molecule has 0 fully saturated rings. The zero-order chi connectivity index (χ0) is 16.3. The molecule has 0 unspecified atom stereocenters. The van der Waals surface area contributed by atoms with Crippen LogP contribution in [0.5, 0.6) is 17.2 Å². The molecule has 22 heavy (non-hydrogen) atoms. The van der Waals surface area contributed by atoms with Gasteiger partial charge in [-0.2, -0.15) is 5.10 Å². The molecule has 0 bridgehead atoms. The van der Waals surface area contributed by atoms with E-state index in [1.165, 1.54) is 24.3 Å². The number of rotatable bonds is 3. The minimum absolute atomic E-state index is 0.0231. The second-order valence-electron chi connectivity index (χ2n) is 4.81. The molecule has 0 radical (unpaired) electrons. The van der Waals surface area contributed by atoms with Crippen molar-refractivity contribution >= 4 is 11.6 Å². The van der Waals surface area contributed by atoms with Crippen LogP contribution in [0.1, 0.15) is 28.4 Å². The number of benzene rings is 2. The lowest BCUT2D eigenvalue weighted by molar-refractivity contribution is 0.0952. The van der Waals surface area contributed by atoms with E-state index in [1.807, 2.05) is 0 Å². The molecule has 0 spiro atoms. The molecule has 0 aliphatic rings. The summed E-state index contributed by atoms with van der Waals surface area (Å²) in [5, 5.41) is 32.9. The first-order valence-electron chi connectivity index (χ1n) is 6.55. The van der Waals surface area contributed by atoms with Gasteiger partial charge >= 0.3 is 0 Å². The molecule has 6 nitrogen and oxygen atoms in total. The van der Waals surface area contributed by atoms with E-state index in [4.69, 9.17) is 0 Å². The summed E-state index contributed by atoms with van der Waals surface area (Å²) in [4.78, 5) is 12.0.